The van der Waals surface area contributed by atoms with Crippen LogP contribution in [0.2, 0.25) is 0 Å². The maximum Gasteiger partial charge on any atom is 0.130 e. The second-order valence-corrected chi connectivity index (χ2v) is 3.93. The standard InChI is InChI=1S/C10H14N2S/c1-3-5-12-9(7-11)10-8(2)4-6-13-10/h4,6,9,12H,3,5H2,1-2H3. The van der Waals surface area contributed by atoms with Crippen molar-refractivity contribution in [2.24, 2.45) is 0 Å². The van der Waals surface area contributed by atoms with Gasteiger partial charge in [0.05, 0.1) is 6.07 Å². The molecule has 1 heterocycles. The second kappa shape index (κ2) is 5.00. The molecule has 70 valence electrons. The predicted molar refractivity (Wildman–Crippen MR) is 55.7 cm³/mol. The van der Waals surface area contributed by atoms with Crippen molar-refractivity contribution in [2.75, 3.05) is 6.54 Å². The van der Waals surface area contributed by atoms with Crippen molar-refractivity contribution in [1.82, 2.24) is 5.32 Å². The minimum atomic E-state index is -0.125. The van der Waals surface area contributed by atoms with Crippen molar-refractivity contribution >= 4 is 11.3 Å². The maximum atomic E-state index is 8.94. The van der Waals surface area contributed by atoms with Crippen molar-refractivity contribution < 1.29 is 0 Å². The van der Waals surface area contributed by atoms with E-state index in [-0.39, 0.29) is 6.04 Å². The van der Waals surface area contributed by atoms with Crippen LogP contribution in [0.4, 0.5) is 0 Å². The fourth-order valence-corrected chi connectivity index (χ4v) is 2.11. The normalized spacial score (nSPS) is 12.4. The minimum Gasteiger partial charge on any atom is -0.298 e. The molecule has 1 rings (SSSR count). The molecule has 13 heavy (non-hydrogen) atoms. The van der Waals surface area contributed by atoms with Crippen LogP contribution in [0.5, 0.6) is 0 Å². The zero-order chi connectivity index (χ0) is 9.68. The Hall–Kier alpha value is -0.850. The summed E-state index contributed by atoms with van der Waals surface area (Å²) < 4.78 is 0. The molecule has 1 aromatic rings. The Bertz CT molecular complexity index is 298. The monoisotopic (exact) mass is 194 g/mol. The Morgan fingerprint density at radius 1 is 1.69 bits per heavy atom. The number of thiophene rings is 1. The van der Waals surface area contributed by atoms with Crippen LogP contribution in [0, 0.1) is 18.3 Å². The molecule has 0 aliphatic heterocycles. The average molecular weight is 194 g/mol. The van der Waals surface area contributed by atoms with Crippen LogP contribution in [-0.4, -0.2) is 6.54 Å². The lowest BCUT2D eigenvalue weighted by atomic mass is 10.2. The van der Waals surface area contributed by atoms with Gasteiger partial charge in [0.2, 0.25) is 0 Å². The largest absolute Gasteiger partial charge is 0.298 e. The summed E-state index contributed by atoms with van der Waals surface area (Å²) in [5.41, 5.74) is 1.21. The molecule has 0 amide bonds. The third-order valence-corrected chi connectivity index (χ3v) is 2.98. The van der Waals surface area contributed by atoms with Gasteiger partial charge in [-0.2, -0.15) is 5.26 Å². The lowest BCUT2D eigenvalue weighted by molar-refractivity contribution is 0.626. The average Bonchev–Trinajstić information content (AvgIpc) is 2.54. The summed E-state index contributed by atoms with van der Waals surface area (Å²) in [7, 11) is 0. The first-order valence-corrected chi connectivity index (χ1v) is 5.34. The highest BCUT2D eigenvalue weighted by Crippen LogP contribution is 2.23. The van der Waals surface area contributed by atoms with E-state index in [9.17, 15) is 0 Å². The van der Waals surface area contributed by atoms with Gasteiger partial charge in [-0.1, -0.05) is 6.92 Å². The summed E-state index contributed by atoms with van der Waals surface area (Å²) in [4.78, 5) is 1.15. The third kappa shape index (κ3) is 2.55. The number of hydrogen-bond acceptors (Lipinski definition) is 3. The number of nitrogens with zero attached hydrogens (tertiary/aromatic N) is 1. The first-order chi connectivity index (χ1) is 6.29. The minimum absolute atomic E-state index is 0.125. The molecule has 1 unspecified atom stereocenters. The highest BCUT2D eigenvalue weighted by atomic mass is 32.1. The van der Waals surface area contributed by atoms with Crippen molar-refractivity contribution in [2.45, 2.75) is 26.3 Å². The fraction of sp³-hybridized carbons (Fsp3) is 0.500. The number of nitrogens with one attached hydrogen (secondary N) is 1. The molecule has 0 aromatic carbocycles. The van der Waals surface area contributed by atoms with E-state index in [0.717, 1.165) is 17.8 Å². The SMILES string of the molecule is CCCNC(C#N)c1sccc1C. The Morgan fingerprint density at radius 2 is 2.46 bits per heavy atom. The molecule has 0 aliphatic rings. The van der Waals surface area contributed by atoms with Crippen LogP contribution in [-0.2, 0) is 0 Å². The van der Waals surface area contributed by atoms with Crippen molar-refractivity contribution in [3.05, 3.63) is 21.9 Å². The van der Waals surface area contributed by atoms with Crippen molar-refractivity contribution in [3.63, 3.8) is 0 Å². The first-order valence-electron chi connectivity index (χ1n) is 4.46. The molecule has 0 saturated carbocycles. The highest BCUT2D eigenvalue weighted by Gasteiger charge is 2.12. The molecular weight excluding hydrogens is 180 g/mol. The van der Waals surface area contributed by atoms with Gasteiger partial charge >= 0.3 is 0 Å². The molecule has 0 spiro atoms. The summed E-state index contributed by atoms with van der Waals surface area (Å²) in [6, 6.07) is 4.21. The Morgan fingerprint density at radius 3 is 2.92 bits per heavy atom. The highest BCUT2D eigenvalue weighted by molar-refractivity contribution is 7.10. The van der Waals surface area contributed by atoms with Crippen LogP contribution < -0.4 is 5.32 Å². The molecule has 0 aliphatic carbocycles. The Kier molecular flexibility index (Phi) is 3.94. The van der Waals surface area contributed by atoms with Gasteiger partial charge in [0.15, 0.2) is 0 Å². The number of aryl methyl sites for hydroxylation is 1. The molecule has 1 atom stereocenters. The predicted octanol–water partition coefficient (Wildman–Crippen LogP) is 2.62. The topological polar surface area (TPSA) is 35.8 Å². The van der Waals surface area contributed by atoms with E-state index in [1.54, 1.807) is 11.3 Å². The summed E-state index contributed by atoms with van der Waals surface area (Å²) in [6.07, 6.45) is 1.06. The van der Waals surface area contributed by atoms with Crippen LogP contribution >= 0.6 is 11.3 Å². The van der Waals surface area contributed by atoms with Gasteiger partial charge in [-0.15, -0.1) is 11.3 Å². The van der Waals surface area contributed by atoms with Crippen LogP contribution in [0.1, 0.15) is 29.8 Å². The number of rotatable bonds is 4. The fourth-order valence-electron chi connectivity index (χ4n) is 1.17. The van der Waals surface area contributed by atoms with Gasteiger partial charge in [-0.3, -0.25) is 5.32 Å². The van der Waals surface area contributed by atoms with E-state index in [0.29, 0.717) is 0 Å². The van der Waals surface area contributed by atoms with Gasteiger partial charge < -0.3 is 0 Å². The van der Waals surface area contributed by atoms with E-state index in [1.165, 1.54) is 5.56 Å². The van der Waals surface area contributed by atoms with Gasteiger partial charge in [-0.25, -0.2) is 0 Å². The number of hydrogen-bond donors (Lipinski definition) is 1. The van der Waals surface area contributed by atoms with Gasteiger partial charge in [-0.05, 0) is 36.9 Å². The van der Waals surface area contributed by atoms with E-state index in [2.05, 4.69) is 24.4 Å². The van der Waals surface area contributed by atoms with Crippen LogP contribution in [0.15, 0.2) is 11.4 Å². The third-order valence-electron chi connectivity index (χ3n) is 1.89. The molecule has 0 radical (unpaired) electrons. The van der Waals surface area contributed by atoms with Gasteiger partial charge in [0, 0.05) is 4.88 Å². The number of nitriles is 1. The second-order valence-electron chi connectivity index (χ2n) is 2.98. The van der Waals surface area contributed by atoms with Crippen LogP contribution in [0.3, 0.4) is 0 Å². The first kappa shape index (κ1) is 10.2. The smallest absolute Gasteiger partial charge is 0.130 e. The summed E-state index contributed by atoms with van der Waals surface area (Å²) in [5.74, 6) is 0. The van der Waals surface area contributed by atoms with Crippen LogP contribution in [0.25, 0.3) is 0 Å². The van der Waals surface area contributed by atoms with E-state index < -0.39 is 0 Å². The summed E-state index contributed by atoms with van der Waals surface area (Å²) >= 11 is 1.65. The molecule has 0 fully saturated rings. The van der Waals surface area contributed by atoms with Crippen molar-refractivity contribution in [3.8, 4) is 6.07 Å². The van der Waals surface area contributed by atoms with E-state index >= 15 is 0 Å². The molecule has 3 heteroatoms. The Labute approximate surface area is 83.2 Å². The Balaban J connectivity index is 2.68. The zero-order valence-corrected chi connectivity index (χ0v) is 8.82. The lowest BCUT2D eigenvalue weighted by Gasteiger charge is -2.09. The van der Waals surface area contributed by atoms with E-state index in [1.807, 2.05) is 12.3 Å². The molecule has 1 aromatic heterocycles. The molecular formula is C10H14N2S. The molecule has 0 bridgehead atoms. The van der Waals surface area contributed by atoms with Gasteiger partial charge in [0.1, 0.15) is 6.04 Å². The van der Waals surface area contributed by atoms with Gasteiger partial charge in [0.25, 0.3) is 0 Å². The summed E-state index contributed by atoms with van der Waals surface area (Å²) in [6.45, 7) is 5.04. The molecule has 2 nitrogen and oxygen atoms in total. The van der Waals surface area contributed by atoms with Crippen molar-refractivity contribution in [1.29, 1.82) is 5.26 Å². The quantitative estimate of drug-likeness (QED) is 0.799. The maximum absolute atomic E-state index is 8.94. The molecule has 1 N–H and O–H groups in total. The molecule has 0 saturated heterocycles. The van der Waals surface area contributed by atoms with E-state index in [4.69, 9.17) is 5.26 Å². The summed E-state index contributed by atoms with van der Waals surface area (Å²) in [5, 5.41) is 14.2. The zero-order valence-electron chi connectivity index (χ0n) is 8.00. The lowest BCUT2D eigenvalue weighted by Crippen LogP contribution is -2.20.